The van der Waals surface area contributed by atoms with Gasteiger partial charge < -0.3 is 14.8 Å². The first kappa shape index (κ1) is 25.7. The second-order valence-corrected chi connectivity index (χ2v) is 11.6. The molecule has 9 nitrogen and oxygen atoms in total. The Kier molecular flexibility index (Phi) is 6.83. The highest BCUT2D eigenvalue weighted by molar-refractivity contribution is 7.91. The van der Waals surface area contributed by atoms with Gasteiger partial charge in [-0.2, -0.15) is 5.10 Å². The van der Waals surface area contributed by atoms with E-state index in [0.717, 1.165) is 23.2 Å². The normalized spacial score (nSPS) is 16.5. The van der Waals surface area contributed by atoms with Crippen molar-refractivity contribution in [3.05, 3.63) is 65.4 Å². The molecule has 1 N–H and O–H groups in total. The van der Waals surface area contributed by atoms with Crippen molar-refractivity contribution in [2.45, 2.75) is 32.7 Å². The molecule has 1 atom stereocenters. The lowest BCUT2D eigenvalue weighted by atomic mass is 10.0. The number of nitrogens with zero attached hydrogens (tertiary/aromatic N) is 3. The van der Waals surface area contributed by atoms with E-state index in [1.54, 1.807) is 37.1 Å². The van der Waals surface area contributed by atoms with E-state index in [1.807, 2.05) is 44.2 Å². The number of methoxy groups -OCH3 is 2. The predicted molar refractivity (Wildman–Crippen MR) is 147 cm³/mol. The molecule has 2 aromatic heterocycles. The lowest BCUT2D eigenvalue weighted by Gasteiger charge is -2.14. The third kappa shape index (κ3) is 4.71. The van der Waals surface area contributed by atoms with Gasteiger partial charge in [0.2, 0.25) is 0 Å². The summed E-state index contributed by atoms with van der Waals surface area (Å²) >= 11 is 0. The first-order valence-electron chi connectivity index (χ1n) is 12.5. The van der Waals surface area contributed by atoms with Gasteiger partial charge in [-0.25, -0.2) is 18.1 Å². The van der Waals surface area contributed by atoms with E-state index in [1.165, 1.54) is 0 Å². The summed E-state index contributed by atoms with van der Waals surface area (Å²) in [6.45, 7) is 3.85. The monoisotopic (exact) mass is 534 g/mol. The lowest BCUT2D eigenvalue weighted by Crippen LogP contribution is -2.15. The van der Waals surface area contributed by atoms with Crippen molar-refractivity contribution in [1.82, 2.24) is 14.8 Å². The van der Waals surface area contributed by atoms with Crippen molar-refractivity contribution in [3.8, 4) is 22.8 Å². The van der Waals surface area contributed by atoms with Crippen LogP contribution in [0.5, 0.6) is 11.5 Å². The van der Waals surface area contributed by atoms with Gasteiger partial charge in [0, 0.05) is 11.3 Å². The highest BCUT2D eigenvalue weighted by Gasteiger charge is 2.32. The van der Waals surface area contributed by atoms with E-state index in [4.69, 9.17) is 14.5 Å². The number of para-hydroxylation sites is 1. The van der Waals surface area contributed by atoms with Crippen LogP contribution >= 0.6 is 0 Å². The van der Waals surface area contributed by atoms with Gasteiger partial charge in [0.1, 0.15) is 0 Å². The molecular weight excluding hydrogens is 504 g/mol. The van der Waals surface area contributed by atoms with Crippen LogP contribution in [-0.4, -0.2) is 54.8 Å². The minimum atomic E-state index is -3.16. The largest absolute Gasteiger partial charge is 0.493 e. The zero-order valence-corrected chi connectivity index (χ0v) is 22.6. The smallest absolute Gasteiger partial charge is 0.256 e. The molecule has 0 spiro atoms. The Hall–Kier alpha value is -3.92. The zero-order valence-electron chi connectivity index (χ0n) is 21.8. The van der Waals surface area contributed by atoms with E-state index >= 15 is 0 Å². The number of sulfone groups is 1. The van der Waals surface area contributed by atoms with Gasteiger partial charge in [0.25, 0.3) is 5.91 Å². The van der Waals surface area contributed by atoms with E-state index < -0.39 is 9.84 Å². The third-order valence-electron chi connectivity index (χ3n) is 6.96. The number of aromatic nitrogens is 3. The lowest BCUT2D eigenvalue weighted by molar-refractivity contribution is 0.102. The Labute approximate surface area is 221 Å². The standard InChI is InChI=1S/C28H30N4O5S/c1-5-18-8-6-7-9-22(18)30-28(33)21-15-23(19-10-11-24(36-3)25(14-19)37-4)29-27-26(21)17(2)31-32(27)20-12-13-38(34,35)16-20/h6-11,14-15,20H,5,12-13,16H2,1-4H3,(H,30,33). The number of nitrogens with one attached hydrogen (secondary N) is 1. The van der Waals surface area contributed by atoms with E-state index in [2.05, 4.69) is 10.4 Å². The van der Waals surface area contributed by atoms with Crippen LogP contribution in [0.1, 0.15) is 41.0 Å². The first-order valence-corrected chi connectivity index (χ1v) is 14.3. The van der Waals surface area contributed by atoms with Gasteiger partial charge in [0.05, 0.1) is 54.1 Å². The molecule has 4 aromatic rings. The summed E-state index contributed by atoms with van der Waals surface area (Å²) in [5.74, 6) is 0.914. The summed E-state index contributed by atoms with van der Waals surface area (Å²) in [5.41, 5.74) is 4.52. The molecule has 198 valence electrons. The zero-order chi connectivity index (χ0) is 27.0. The Morgan fingerprint density at radius 3 is 2.55 bits per heavy atom. The molecule has 0 bridgehead atoms. The van der Waals surface area contributed by atoms with Crippen LogP contribution in [-0.2, 0) is 16.3 Å². The number of hydrogen-bond donors (Lipinski definition) is 1. The minimum absolute atomic E-state index is 0.00308. The molecule has 1 fully saturated rings. The number of amides is 1. The Morgan fingerprint density at radius 1 is 1.11 bits per heavy atom. The molecule has 1 aliphatic rings. The number of benzene rings is 2. The molecule has 38 heavy (non-hydrogen) atoms. The van der Waals surface area contributed by atoms with Gasteiger partial charge in [-0.05, 0) is 55.7 Å². The fourth-order valence-electron chi connectivity index (χ4n) is 5.00. The van der Waals surface area contributed by atoms with Gasteiger partial charge in [0.15, 0.2) is 27.0 Å². The van der Waals surface area contributed by atoms with Crippen LogP contribution in [0.2, 0.25) is 0 Å². The first-order chi connectivity index (χ1) is 18.2. The topological polar surface area (TPSA) is 112 Å². The maximum Gasteiger partial charge on any atom is 0.256 e. The Balaban J connectivity index is 1.70. The van der Waals surface area contributed by atoms with Gasteiger partial charge >= 0.3 is 0 Å². The number of hydrogen-bond acceptors (Lipinski definition) is 7. The maximum atomic E-state index is 13.8. The Morgan fingerprint density at radius 2 is 1.87 bits per heavy atom. The highest BCUT2D eigenvalue weighted by atomic mass is 32.2. The molecule has 0 radical (unpaired) electrons. The molecule has 1 aliphatic heterocycles. The fourth-order valence-corrected chi connectivity index (χ4v) is 6.69. The second-order valence-electron chi connectivity index (χ2n) is 9.38. The summed E-state index contributed by atoms with van der Waals surface area (Å²) in [6.07, 6.45) is 1.22. The average molecular weight is 535 g/mol. The number of carbonyl (C=O) groups is 1. The molecule has 3 heterocycles. The maximum absolute atomic E-state index is 13.8. The van der Waals surface area contributed by atoms with Crippen LogP contribution in [0.4, 0.5) is 5.69 Å². The number of fused-ring (bicyclic) bond motifs is 1. The molecular formula is C28H30N4O5S. The number of carbonyl (C=O) groups excluding carboxylic acids is 1. The summed E-state index contributed by atoms with van der Waals surface area (Å²) in [5, 5.41) is 8.35. The Bertz CT molecular complexity index is 1640. The number of aryl methyl sites for hydroxylation is 2. The van der Waals surface area contributed by atoms with E-state index in [-0.39, 0.29) is 23.5 Å². The van der Waals surface area contributed by atoms with Crippen molar-refractivity contribution in [2.24, 2.45) is 0 Å². The number of rotatable bonds is 7. The van der Waals surface area contributed by atoms with Crippen molar-refractivity contribution in [1.29, 1.82) is 0 Å². The molecule has 2 aromatic carbocycles. The van der Waals surface area contributed by atoms with Gasteiger partial charge in [-0.1, -0.05) is 25.1 Å². The summed E-state index contributed by atoms with van der Waals surface area (Å²) in [6, 6.07) is 14.5. The van der Waals surface area contributed by atoms with Gasteiger partial charge in [-0.15, -0.1) is 0 Å². The molecule has 1 saturated heterocycles. The van der Waals surface area contributed by atoms with E-state index in [0.29, 0.717) is 45.9 Å². The van der Waals surface area contributed by atoms with Crippen LogP contribution < -0.4 is 14.8 Å². The van der Waals surface area contributed by atoms with Crippen molar-refractivity contribution in [3.63, 3.8) is 0 Å². The second kappa shape index (κ2) is 10.1. The average Bonchev–Trinajstić information content (AvgIpc) is 3.46. The predicted octanol–water partition coefficient (Wildman–Crippen LogP) is 4.60. The van der Waals surface area contributed by atoms with Crippen LogP contribution in [0, 0.1) is 6.92 Å². The molecule has 0 aliphatic carbocycles. The van der Waals surface area contributed by atoms with Crippen LogP contribution in [0.25, 0.3) is 22.3 Å². The molecule has 0 saturated carbocycles. The third-order valence-corrected chi connectivity index (χ3v) is 8.71. The number of ether oxygens (including phenoxy) is 2. The van der Waals surface area contributed by atoms with Crippen molar-refractivity contribution in [2.75, 3.05) is 31.0 Å². The molecule has 5 rings (SSSR count). The van der Waals surface area contributed by atoms with Crippen LogP contribution in [0.3, 0.4) is 0 Å². The summed E-state index contributed by atoms with van der Waals surface area (Å²) in [7, 11) is -0.0335. The highest BCUT2D eigenvalue weighted by Crippen LogP contribution is 2.35. The van der Waals surface area contributed by atoms with E-state index in [9.17, 15) is 13.2 Å². The molecule has 1 amide bonds. The quantitative estimate of drug-likeness (QED) is 0.369. The minimum Gasteiger partial charge on any atom is -0.493 e. The number of pyridine rings is 1. The molecule has 10 heteroatoms. The molecule has 1 unspecified atom stereocenters. The van der Waals surface area contributed by atoms with Crippen molar-refractivity contribution >= 4 is 32.5 Å². The summed E-state index contributed by atoms with van der Waals surface area (Å²) in [4.78, 5) is 18.7. The SMILES string of the molecule is CCc1ccccc1NC(=O)c1cc(-c2ccc(OC)c(OC)c2)nc2c1c(C)nn2C1CCS(=O)(=O)C1. The van der Waals surface area contributed by atoms with Gasteiger partial charge in [-0.3, -0.25) is 4.79 Å². The summed E-state index contributed by atoms with van der Waals surface area (Å²) < 4.78 is 37.1. The van der Waals surface area contributed by atoms with Crippen molar-refractivity contribution < 1.29 is 22.7 Å². The van der Waals surface area contributed by atoms with Crippen LogP contribution in [0.15, 0.2) is 48.5 Å². The fraction of sp³-hybridized carbons (Fsp3) is 0.321. The number of anilines is 1.